The first-order valence-corrected chi connectivity index (χ1v) is 26.6. The van der Waals surface area contributed by atoms with Crippen molar-refractivity contribution < 1.29 is 28.6 Å². The van der Waals surface area contributed by atoms with E-state index in [9.17, 15) is 14.4 Å². The molecule has 6 nitrogen and oxygen atoms in total. The molecule has 0 aromatic heterocycles. The van der Waals surface area contributed by atoms with Crippen molar-refractivity contribution in [2.24, 2.45) is 0 Å². The molecular formula is C63H92O6. The number of carbonyl (C=O) groups is 3. The van der Waals surface area contributed by atoms with E-state index in [-0.39, 0.29) is 13.2 Å². The quantitative estimate of drug-likeness (QED) is 0.0199. The highest BCUT2D eigenvalue weighted by Gasteiger charge is 2.17. The maximum atomic E-state index is 12.7. The first-order valence-electron chi connectivity index (χ1n) is 26.6. The standard InChI is InChI=1S/C63H92O6/c1-4-7-10-13-16-19-22-25-28-31-34-37-40-43-46-49-52-55-61(64)67-58-60(69-63(66)57-54-51-48-45-42-39-36-33-30-27-24-21-18-15-12-9-6-3)59-68-62(65)56-53-50-47-44-41-38-35-32-29-26-23-20-17-14-11-8-5-2/h28-57,60H,4-27,58-59H2,1-3H3. The molecule has 0 aliphatic heterocycles. The number of ether oxygens (including phenoxy) is 3. The van der Waals surface area contributed by atoms with Gasteiger partial charge in [0.25, 0.3) is 0 Å². The average Bonchev–Trinajstić information content (AvgIpc) is 3.35. The normalized spacial score (nSPS) is 13.6. The fourth-order valence-electron chi connectivity index (χ4n) is 6.51. The second kappa shape index (κ2) is 55.1. The lowest BCUT2D eigenvalue weighted by molar-refractivity contribution is -0.160. The van der Waals surface area contributed by atoms with Crippen LogP contribution in [0.2, 0.25) is 0 Å². The number of hydrogen-bond acceptors (Lipinski definition) is 6. The van der Waals surface area contributed by atoms with Gasteiger partial charge in [0.1, 0.15) is 13.2 Å². The molecule has 0 bridgehead atoms. The Hall–Kier alpha value is -5.49. The van der Waals surface area contributed by atoms with Gasteiger partial charge in [-0.05, 0) is 38.5 Å². The summed E-state index contributed by atoms with van der Waals surface area (Å²) in [7, 11) is 0. The molecule has 380 valence electrons. The zero-order valence-electron chi connectivity index (χ0n) is 43.2. The Morgan fingerprint density at radius 3 is 0.812 bits per heavy atom. The predicted octanol–water partition coefficient (Wildman–Crippen LogP) is 17.7. The van der Waals surface area contributed by atoms with E-state index in [0.29, 0.717) is 0 Å². The fourth-order valence-corrected chi connectivity index (χ4v) is 6.51. The summed E-state index contributed by atoms with van der Waals surface area (Å²) in [5.41, 5.74) is 0. The molecule has 0 amide bonds. The van der Waals surface area contributed by atoms with Crippen LogP contribution in [0.5, 0.6) is 0 Å². The van der Waals surface area contributed by atoms with Crippen LogP contribution in [0.3, 0.4) is 0 Å². The zero-order valence-corrected chi connectivity index (χ0v) is 43.2. The van der Waals surface area contributed by atoms with Crippen molar-refractivity contribution >= 4 is 17.9 Å². The molecule has 0 rings (SSSR count). The Labute approximate surface area is 421 Å². The predicted molar refractivity (Wildman–Crippen MR) is 297 cm³/mol. The highest BCUT2D eigenvalue weighted by molar-refractivity contribution is 5.84. The van der Waals surface area contributed by atoms with E-state index in [4.69, 9.17) is 14.2 Å². The molecule has 0 saturated carbocycles. The maximum absolute atomic E-state index is 12.7. The van der Waals surface area contributed by atoms with Crippen molar-refractivity contribution in [3.8, 4) is 0 Å². The number of rotatable bonds is 44. The minimum absolute atomic E-state index is 0.300. The molecule has 0 aliphatic carbocycles. The van der Waals surface area contributed by atoms with Crippen molar-refractivity contribution in [1.29, 1.82) is 0 Å². The summed E-state index contributed by atoms with van der Waals surface area (Å²) in [6.45, 7) is 6.14. The van der Waals surface area contributed by atoms with Crippen LogP contribution in [0.15, 0.2) is 182 Å². The molecule has 0 atom stereocenters. The van der Waals surface area contributed by atoms with Crippen molar-refractivity contribution in [3.63, 3.8) is 0 Å². The van der Waals surface area contributed by atoms with Crippen molar-refractivity contribution in [1.82, 2.24) is 0 Å². The molecule has 0 saturated heterocycles. The van der Waals surface area contributed by atoms with Gasteiger partial charge in [0.05, 0.1) is 0 Å². The first kappa shape index (κ1) is 63.5. The SMILES string of the molecule is CCCCCCCCCC=CC=CC=CC=CC=CC(=O)OCC(COC(=O)C=CC=CC=CC=CC=CCCCCCCCCC)OC(=O)C=CC=CC=CC=CC=CCCCCCCCCC. The highest BCUT2D eigenvalue weighted by atomic mass is 16.6. The summed E-state index contributed by atoms with van der Waals surface area (Å²) < 4.78 is 16.2. The third-order valence-electron chi connectivity index (χ3n) is 10.5. The topological polar surface area (TPSA) is 78.9 Å². The lowest BCUT2D eigenvalue weighted by atomic mass is 10.1. The van der Waals surface area contributed by atoms with Gasteiger partial charge >= 0.3 is 17.9 Å². The van der Waals surface area contributed by atoms with E-state index >= 15 is 0 Å². The summed E-state index contributed by atoms with van der Waals surface area (Å²) in [4.78, 5) is 37.6. The lowest BCUT2D eigenvalue weighted by Crippen LogP contribution is -2.29. The highest BCUT2D eigenvalue weighted by Crippen LogP contribution is 2.11. The Morgan fingerprint density at radius 2 is 0.522 bits per heavy atom. The van der Waals surface area contributed by atoms with E-state index in [1.807, 2.05) is 72.9 Å². The number of carbonyl (C=O) groups excluding carboxylic acids is 3. The first-order chi connectivity index (χ1) is 34.0. The number of hydrogen-bond donors (Lipinski definition) is 0. The summed E-state index contributed by atoms with van der Waals surface area (Å²) in [6, 6.07) is 0. The van der Waals surface area contributed by atoms with Gasteiger partial charge in [-0.15, -0.1) is 0 Å². The number of esters is 3. The van der Waals surface area contributed by atoms with E-state index in [0.717, 1.165) is 19.3 Å². The molecule has 69 heavy (non-hydrogen) atoms. The van der Waals surface area contributed by atoms with Crippen LogP contribution >= 0.6 is 0 Å². The van der Waals surface area contributed by atoms with Crippen LogP contribution in [-0.2, 0) is 28.6 Å². The van der Waals surface area contributed by atoms with E-state index in [2.05, 4.69) is 57.2 Å². The third-order valence-corrected chi connectivity index (χ3v) is 10.5. The van der Waals surface area contributed by atoms with Crippen molar-refractivity contribution in [2.45, 2.75) is 181 Å². The maximum Gasteiger partial charge on any atom is 0.331 e. The van der Waals surface area contributed by atoms with Crippen molar-refractivity contribution in [2.75, 3.05) is 13.2 Å². The van der Waals surface area contributed by atoms with E-state index in [1.165, 1.54) is 153 Å². The summed E-state index contributed by atoms with van der Waals surface area (Å²) in [5, 5.41) is 0. The van der Waals surface area contributed by atoms with Crippen molar-refractivity contribution in [3.05, 3.63) is 182 Å². The van der Waals surface area contributed by atoms with Gasteiger partial charge in [-0.25, -0.2) is 14.4 Å². The largest absolute Gasteiger partial charge is 0.458 e. The fraction of sp³-hybridized carbons (Fsp3) is 0.476. The van der Waals surface area contributed by atoms with Crippen LogP contribution in [-0.4, -0.2) is 37.2 Å². The van der Waals surface area contributed by atoms with E-state index < -0.39 is 24.0 Å². The second-order valence-corrected chi connectivity index (χ2v) is 16.9. The molecule has 0 unspecified atom stereocenters. The summed E-state index contributed by atoms with van der Waals surface area (Å²) >= 11 is 0. The minimum atomic E-state index is -1.02. The molecule has 0 aromatic carbocycles. The molecular weight excluding hydrogens is 853 g/mol. The van der Waals surface area contributed by atoms with Gasteiger partial charge in [-0.3, -0.25) is 0 Å². The van der Waals surface area contributed by atoms with Crippen LogP contribution in [0.25, 0.3) is 0 Å². The zero-order chi connectivity index (χ0) is 50.0. The molecule has 0 radical (unpaired) electrons. The Balaban J connectivity index is 4.99. The monoisotopic (exact) mass is 945 g/mol. The molecule has 0 spiro atoms. The summed E-state index contributed by atoms with van der Waals surface area (Å²) in [6.07, 6.45) is 84.9. The van der Waals surface area contributed by atoms with Crippen LogP contribution < -0.4 is 0 Å². The molecule has 0 N–H and O–H groups in total. The minimum Gasteiger partial charge on any atom is -0.458 e. The van der Waals surface area contributed by atoms with Gasteiger partial charge in [0, 0.05) is 18.2 Å². The molecule has 0 heterocycles. The van der Waals surface area contributed by atoms with Gasteiger partial charge in [-0.1, -0.05) is 300 Å². The van der Waals surface area contributed by atoms with Crippen LogP contribution in [0.1, 0.15) is 175 Å². The molecule has 0 aliphatic rings. The third kappa shape index (κ3) is 53.3. The number of allylic oxidation sites excluding steroid dienone is 27. The Bertz CT molecular complexity index is 1610. The van der Waals surface area contributed by atoms with Gasteiger partial charge in [-0.2, -0.15) is 0 Å². The van der Waals surface area contributed by atoms with Gasteiger partial charge < -0.3 is 14.2 Å². The summed E-state index contributed by atoms with van der Waals surface area (Å²) in [5.74, 6) is -1.92. The van der Waals surface area contributed by atoms with Gasteiger partial charge in [0.15, 0.2) is 6.10 Å². The second-order valence-electron chi connectivity index (χ2n) is 16.9. The van der Waals surface area contributed by atoms with E-state index in [1.54, 1.807) is 54.7 Å². The molecule has 0 aromatic rings. The van der Waals surface area contributed by atoms with Crippen LogP contribution in [0.4, 0.5) is 0 Å². The molecule has 0 fully saturated rings. The number of unbranched alkanes of at least 4 members (excludes halogenated alkanes) is 21. The van der Waals surface area contributed by atoms with Crippen LogP contribution in [0, 0.1) is 0 Å². The smallest absolute Gasteiger partial charge is 0.331 e. The Morgan fingerprint density at radius 1 is 0.290 bits per heavy atom. The van der Waals surface area contributed by atoms with Gasteiger partial charge in [0.2, 0.25) is 0 Å². The molecule has 6 heteroatoms. The average molecular weight is 945 g/mol. The lowest BCUT2D eigenvalue weighted by Gasteiger charge is -2.16. The Kier molecular flexibility index (Phi) is 50.7.